The van der Waals surface area contributed by atoms with Gasteiger partial charge in [0.05, 0.1) is 6.61 Å². The van der Waals surface area contributed by atoms with E-state index in [2.05, 4.69) is 5.32 Å². The average Bonchev–Trinajstić information content (AvgIpc) is 2.66. The molecule has 1 heterocycles. The first-order valence-corrected chi connectivity index (χ1v) is 5.35. The van der Waals surface area contributed by atoms with E-state index in [-0.39, 0.29) is 6.09 Å². The molecule has 1 aliphatic rings. The van der Waals surface area contributed by atoms with Crippen LogP contribution in [0.3, 0.4) is 0 Å². The van der Waals surface area contributed by atoms with Gasteiger partial charge in [-0.05, 0) is 25.8 Å². The minimum atomic E-state index is -0.208. The highest BCUT2D eigenvalue weighted by molar-refractivity contribution is 5.67. The molecule has 1 rings (SSSR count). The van der Waals surface area contributed by atoms with E-state index in [1.54, 1.807) is 11.9 Å². The van der Waals surface area contributed by atoms with Gasteiger partial charge in [-0.3, -0.25) is 0 Å². The summed E-state index contributed by atoms with van der Waals surface area (Å²) in [4.78, 5) is 13.0. The van der Waals surface area contributed by atoms with Crippen molar-refractivity contribution in [3.63, 3.8) is 0 Å². The second kappa shape index (κ2) is 5.86. The summed E-state index contributed by atoms with van der Waals surface area (Å²) in [6.45, 7) is 4.33. The van der Waals surface area contributed by atoms with Crippen molar-refractivity contribution in [3.8, 4) is 0 Å². The smallest absolute Gasteiger partial charge is 0.409 e. The van der Waals surface area contributed by atoms with Crippen LogP contribution in [0.5, 0.6) is 0 Å². The van der Waals surface area contributed by atoms with E-state index in [1.165, 1.54) is 6.42 Å². The van der Waals surface area contributed by atoms with Crippen LogP contribution in [0.25, 0.3) is 0 Å². The summed E-state index contributed by atoms with van der Waals surface area (Å²) in [5.74, 6) is 0. The third-order valence-electron chi connectivity index (χ3n) is 2.40. The molecule has 0 aromatic rings. The zero-order valence-electron chi connectivity index (χ0n) is 9.08. The minimum absolute atomic E-state index is 0.208. The largest absolute Gasteiger partial charge is 0.449 e. The van der Waals surface area contributed by atoms with Gasteiger partial charge in [-0.15, -0.1) is 0 Å². The number of carbonyl (C=O) groups excluding carboxylic acids is 1. The zero-order chi connectivity index (χ0) is 10.4. The molecule has 0 aromatic heterocycles. The van der Waals surface area contributed by atoms with Gasteiger partial charge in [0, 0.05) is 19.6 Å². The average molecular weight is 200 g/mol. The molecule has 1 N–H and O–H groups in total. The first kappa shape index (κ1) is 11.3. The molecule has 4 nitrogen and oxygen atoms in total. The summed E-state index contributed by atoms with van der Waals surface area (Å²) in [6, 6.07) is 0.453. The number of nitrogens with one attached hydrogen (secondary N) is 1. The van der Waals surface area contributed by atoms with Crippen LogP contribution < -0.4 is 5.32 Å². The summed E-state index contributed by atoms with van der Waals surface area (Å²) in [5.41, 5.74) is 0. The predicted molar refractivity (Wildman–Crippen MR) is 55.3 cm³/mol. The molecule has 1 saturated heterocycles. The maximum atomic E-state index is 11.4. The van der Waals surface area contributed by atoms with Gasteiger partial charge in [0.2, 0.25) is 0 Å². The van der Waals surface area contributed by atoms with E-state index in [0.29, 0.717) is 12.6 Å². The van der Waals surface area contributed by atoms with Crippen LogP contribution in [-0.2, 0) is 4.74 Å². The summed E-state index contributed by atoms with van der Waals surface area (Å²) in [6.07, 6.45) is 3.04. The highest BCUT2D eigenvalue weighted by Gasteiger charge is 2.19. The standard InChI is InChI=1S/C10H20N2O2/c1-3-7-14-10(13)12(2)8-9-5-4-6-11-9/h9,11H,3-8H2,1-2H3/t9-/m0/s1. The Morgan fingerprint density at radius 3 is 3.00 bits per heavy atom. The molecule has 0 unspecified atom stereocenters. The number of rotatable bonds is 4. The zero-order valence-corrected chi connectivity index (χ0v) is 9.08. The van der Waals surface area contributed by atoms with Crippen molar-refractivity contribution in [3.05, 3.63) is 0 Å². The molecule has 1 aliphatic heterocycles. The van der Waals surface area contributed by atoms with Crippen molar-refractivity contribution in [1.82, 2.24) is 10.2 Å². The van der Waals surface area contributed by atoms with Crippen LogP contribution in [0.2, 0.25) is 0 Å². The second-order valence-electron chi connectivity index (χ2n) is 3.79. The molecule has 82 valence electrons. The van der Waals surface area contributed by atoms with Crippen molar-refractivity contribution in [1.29, 1.82) is 0 Å². The first-order valence-electron chi connectivity index (χ1n) is 5.35. The number of amides is 1. The third kappa shape index (κ3) is 3.54. The molecule has 0 aliphatic carbocycles. The van der Waals surface area contributed by atoms with Crippen LogP contribution in [0.1, 0.15) is 26.2 Å². The quantitative estimate of drug-likeness (QED) is 0.742. The van der Waals surface area contributed by atoms with E-state index < -0.39 is 0 Å². The monoisotopic (exact) mass is 200 g/mol. The Kier molecular flexibility index (Phi) is 4.73. The van der Waals surface area contributed by atoms with Crippen LogP contribution in [0, 0.1) is 0 Å². The fourth-order valence-electron chi connectivity index (χ4n) is 1.62. The molecule has 0 bridgehead atoms. The molecule has 0 radical (unpaired) electrons. The van der Waals surface area contributed by atoms with Crippen LogP contribution in [0.4, 0.5) is 4.79 Å². The van der Waals surface area contributed by atoms with Crippen molar-refractivity contribution >= 4 is 6.09 Å². The van der Waals surface area contributed by atoms with Crippen LogP contribution in [-0.4, -0.2) is 43.8 Å². The highest BCUT2D eigenvalue weighted by Crippen LogP contribution is 2.06. The van der Waals surface area contributed by atoms with Crippen molar-refractivity contribution < 1.29 is 9.53 Å². The molecule has 1 fully saturated rings. The molecule has 4 heteroatoms. The topological polar surface area (TPSA) is 41.6 Å². The van der Waals surface area contributed by atoms with E-state index in [1.807, 2.05) is 6.92 Å². The maximum Gasteiger partial charge on any atom is 0.409 e. The molecule has 0 spiro atoms. The summed E-state index contributed by atoms with van der Waals surface area (Å²) >= 11 is 0. The van der Waals surface area contributed by atoms with E-state index in [4.69, 9.17) is 4.74 Å². The molecule has 14 heavy (non-hydrogen) atoms. The summed E-state index contributed by atoms with van der Waals surface area (Å²) < 4.78 is 5.02. The Morgan fingerprint density at radius 2 is 2.43 bits per heavy atom. The summed E-state index contributed by atoms with van der Waals surface area (Å²) in [5, 5.41) is 3.35. The number of likely N-dealkylation sites (N-methyl/N-ethyl adjacent to an activating group) is 1. The van der Waals surface area contributed by atoms with Gasteiger partial charge in [0.1, 0.15) is 0 Å². The second-order valence-corrected chi connectivity index (χ2v) is 3.79. The van der Waals surface area contributed by atoms with Crippen LogP contribution in [0.15, 0.2) is 0 Å². The number of nitrogens with zero attached hydrogens (tertiary/aromatic N) is 1. The predicted octanol–water partition coefficient (Wildman–Crippen LogP) is 1.22. The fourth-order valence-corrected chi connectivity index (χ4v) is 1.62. The maximum absolute atomic E-state index is 11.4. The van der Waals surface area contributed by atoms with Gasteiger partial charge < -0.3 is 15.0 Å². The third-order valence-corrected chi connectivity index (χ3v) is 2.40. The number of ether oxygens (including phenoxy) is 1. The van der Waals surface area contributed by atoms with Crippen molar-refractivity contribution in [2.24, 2.45) is 0 Å². The molecular formula is C10H20N2O2. The molecule has 1 atom stereocenters. The Balaban J connectivity index is 2.18. The Morgan fingerprint density at radius 1 is 1.64 bits per heavy atom. The van der Waals surface area contributed by atoms with Gasteiger partial charge >= 0.3 is 6.09 Å². The molecule has 1 amide bonds. The Bertz CT molecular complexity index is 179. The first-order chi connectivity index (χ1) is 6.74. The van der Waals surface area contributed by atoms with E-state index >= 15 is 0 Å². The Labute approximate surface area is 85.6 Å². The van der Waals surface area contributed by atoms with Gasteiger partial charge in [0.25, 0.3) is 0 Å². The fraction of sp³-hybridized carbons (Fsp3) is 0.900. The molecule has 0 saturated carbocycles. The summed E-state index contributed by atoms with van der Waals surface area (Å²) in [7, 11) is 1.79. The van der Waals surface area contributed by atoms with E-state index in [9.17, 15) is 4.79 Å². The lowest BCUT2D eigenvalue weighted by Gasteiger charge is -2.20. The number of hydrogen-bond acceptors (Lipinski definition) is 3. The van der Waals surface area contributed by atoms with Gasteiger partial charge in [-0.1, -0.05) is 6.92 Å². The van der Waals surface area contributed by atoms with E-state index in [0.717, 1.165) is 25.9 Å². The minimum Gasteiger partial charge on any atom is -0.449 e. The highest BCUT2D eigenvalue weighted by atomic mass is 16.6. The molecular weight excluding hydrogens is 180 g/mol. The van der Waals surface area contributed by atoms with Gasteiger partial charge in [-0.2, -0.15) is 0 Å². The molecule has 0 aromatic carbocycles. The van der Waals surface area contributed by atoms with Crippen LogP contribution >= 0.6 is 0 Å². The number of carbonyl (C=O) groups is 1. The normalized spacial score (nSPS) is 20.9. The van der Waals surface area contributed by atoms with Crippen molar-refractivity contribution in [2.75, 3.05) is 26.7 Å². The number of hydrogen-bond donors (Lipinski definition) is 1. The lowest BCUT2D eigenvalue weighted by Crippen LogP contribution is -2.38. The Hall–Kier alpha value is -0.770. The van der Waals surface area contributed by atoms with Gasteiger partial charge in [0.15, 0.2) is 0 Å². The van der Waals surface area contributed by atoms with Crippen molar-refractivity contribution in [2.45, 2.75) is 32.2 Å². The SMILES string of the molecule is CCCOC(=O)N(C)C[C@@H]1CCCN1. The lowest BCUT2D eigenvalue weighted by atomic mass is 10.2. The van der Waals surface area contributed by atoms with Gasteiger partial charge in [-0.25, -0.2) is 4.79 Å². The lowest BCUT2D eigenvalue weighted by molar-refractivity contribution is 0.108.